The van der Waals surface area contributed by atoms with Gasteiger partial charge in [-0.15, -0.1) is 0 Å². The van der Waals surface area contributed by atoms with E-state index in [2.05, 4.69) is 45.2 Å². The molecular weight excluding hydrogens is 186 g/mol. The molecule has 15 heavy (non-hydrogen) atoms. The summed E-state index contributed by atoms with van der Waals surface area (Å²) in [6.07, 6.45) is 7.23. The second-order valence-electron chi connectivity index (χ2n) is 5.17. The number of aldehydes is 1. The van der Waals surface area contributed by atoms with Crippen molar-refractivity contribution in [1.29, 1.82) is 0 Å². The lowest BCUT2D eigenvalue weighted by atomic mass is 9.67. The Labute approximate surface area is 93.1 Å². The highest BCUT2D eigenvalue weighted by Gasteiger charge is 2.39. The fourth-order valence-corrected chi connectivity index (χ4v) is 2.22. The summed E-state index contributed by atoms with van der Waals surface area (Å²) in [6, 6.07) is 0.401. The predicted octanol–water partition coefficient (Wildman–Crippen LogP) is 2.55. The van der Waals surface area contributed by atoms with Crippen molar-refractivity contribution >= 4 is 6.29 Å². The highest BCUT2D eigenvalue weighted by Crippen LogP contribution is 2.40. The maximum atomic E-state index is 11.2. The molecule has 1 N–H and O–H groups in total. The Balaban J connectivity index is 2.92. The van der Waals surface area contributed by atoms with Crippen LogP contribution >= 0.6 is 0 Å². The fourth-order valence-electron chi connectivity index (χ4n) is 2.22. The zero-order chi connectivity index (χ0) is 11.5. The van der Waals surface area contributed by atoms with Crippen molar-refractivity contribution in [2.45, 2.75) is 46.6 Å². The minimum absolute atomic E-state index is 0.150. The van der Waals surface area contributed by atoms with Gasteiger partial charge in [-0.1, -0.05) is 39.8 Å². The van der Waals surface area contributed by atoms with Gasteiger partial charge in [0.05, 0.1) is 0 Å². The largest absolute Gasteiger partial charge is 0.313 e. The van der Waals surface area contributed by atoms with Crippen LogP contribution in [0.1, 0.15) is 40.5 Å². The molecule has 0 aromatic carbocycles. The third kappa shape index (κ3) is 2.49. The summed E-state index contributed by atoms with van der Waals surface area (Å²) >= 11 is 0. The summed E-state index contributed by atoms with van der Waals surface area (Å²) < 4.78 is 0. The molecule has 0 aromatic heterocycles. The van der Waals surface area contributed by atoms with Gasteiger partial charge >= 0.3 is 0 Å². The van der Waals surface area contributed by atoms with E-state index in [1.807, 2.05) is 0 Å². The topological polar surface area (TPSA) is 29.1 Å². The van der Waals surface area contributed by atoms with Gasteiger partial charge in [0.15, 0.2) is 0 Å². The molecule has 2 nitrogen and oxygen atoms in total. The summed E-state index contributed by atoms with van der Waals surface area (Å²) in [6.45, 7) is 9.60. The van der Waals surface area contributed by atoms with Crippen molar-refractivity contribution in [3.63, 3.8) is 0 Å². The Morgan fingerprint density at radius 1 is 1.40 bits per heavy atom. The standard InChI is InChI=1S/C13H23NO/c1-5-13(10-15)8-7-12(3,4)11(9-13)14-6-2/h7-8,10-11,14H,5-6,9H2,1-4H3. The smallest absolute Gasteiger partial charge is 0.129 e. The molecule has 0 amide bonds. The predicted molar refractivity (Wildman–Crippen MR) is 63.8 cm³/mol. The van der Waals surface area contributed by atoms with E-state index in [1.165, 1.54) is 0 Å². The van der Waals surface area contributed by atoms with Crippen molar-refractivity contribution < 1.29 is 4.79 Å². The number of carbonyl (C=O) groups is 1. The van der Waals surface area contributed by atoms with Crippen LogP contribution in [0.25, 0.3) is 0 Å². The Hall–Kier alpha value is -0.630. The summed E-state index contributed by atoms with van der Waals surface area (Å²) in [5.41, 5.74) is -0.0833. The highest BCUT2D eigenvalue weighted by molar-refractivity contribution is 5.63. The van der Waals surface area contributed by atoms with Gasteiger partial charge in [0.2, 0.25) is 0 Å². The van der Waals surface area contributed by atoms with Crippen molar-refractivity contribution in [2.24, 2.45) is 10.8 Å². The third-order valence-electron chi connectivity index (χ3n) is 3.67. The normalized spacial score (nSPS) is 34.0. The summed E-state index contributed by atoms with van der Waals surface area (Å²) in [7, 11) is 0. The monoisotopic (exact) mass is 209 g/mol. The van der Waals surface area contributed by atoms with Crippen LogP contribution in [0.5, 0.6) is 0 Å². The van der Waals surface area contributed by atoms with Gasteiger partial charge in [-0.25, -0.2) is 0 Å². The van der Waals surface area contributed by atoms with E-state index in [9.17, 15) is 4.79 Å². The van der Waals surface area contributed by atoms with Crippen LogP contribution in [0.2, 0.25) is 0 Å². The van der Waals surface area contributed by atoms with Crippen LogP contribution in [0, 0.1) is 10.8 Å². The number of carbonyl (C=O) groups excluding carboxylic acids is 1. The Bertz CT molecular complexity index is 257. The molecular formula is C13H23NO. The van der Waals surface area contributed by atoms with Crippen LogP contribution in [0.3, 0.4) is 0 Å². The number of hydrogen-bond donors (Lipinski definition) is 1. The van der Waals surface area contributed by atoms with E-state index >= 15 is 0 Å². The molecule has 1 aliphatic rings. The lowest BCUT2D eigenvalue weighted by Crippen LogP contribution is -2.47. The molecule has 0 bridgehead atoms. The first kappa shape index (κ1) is 12.4. The molecule has 2 atom stereocenters. The lowest BCUT2D eigenvalue weighted by molar-refractivity contribution is -0.115. The van der Waals surface area contributed by atoms with Gasteiger partial charge in [-0.05, 0) is 24.8 Å². The van der Waals surface area contributed by atoms with Crippen LogP contribution in [-0.4, -0.2) is 18.9 Å². The summed E-state index contributed by atoms with van der Waals surface area (Å²) in [5, 5.41) is 3.49. The lowest BCUT2D eigenvalue weighted by Gasteiger charge is -2.42. The molecule has 0 radical (unpaired) electrons. The number of hydrogen-bond acceptors (Lipinski definition) is 2. The van der Waals surface area contributed by atoms with Crippen molar-refractivity contribution in [3.8, 4) is 0 Å². The maximum absolute atomic E-state index is 11.2. The number of rotatable bonds is 4. The molecule has 1 rings (SSSR count). The molecule has 1 aliphatic carbocycles. The quantitative estimate of drug-likeness (QED) is 0.569. The average Bonchev–Trinajstić information content (AvgIpc) is 2.22. The van der Waals surface area contributed by atoms with Crippen LogP contribution in [0.4, 0.5) is 0 Å². The van der Waals surface area contributed by atoms with Crippen LogP contribution in [0.15, 0.2) is 12.2 Å². The first-order chi connectivity index (χ1) is 6.99. The molecule has 0 saturated heterocycles. The van der Waals surface area contributed by atoms with E-state index in [0.717, 1.165) is 25.7 Å². The zero-order valence-corrected chi connectivity index (χ0v) is 10.3. The highest BCUT2D eigenvalue weighted by atomic mass is 16.1. The van der Waals surface area contributed by atoms with E-state index in [0.29, 0.717) is 6.04 Å². The van der Waals surface area contributed by atoms with Crippen molar-refractivity contribution in [2.75, 3.05) is 6.54 Å². The first-order valence-electron chi connectivity index (χ1n) is 5.90. The molecule has 0 aliphatic heterocycles. The molecule has 2 heteroatoms. The van der Waals surface area contributed by atoms with Crippen molar-refractivity contribution in [1.82, 2.24) is 5.32 Å². The van der Waals surface area contributed by atoms with Crippen molar-refractivity contribution in [3.05, 3.63) is 12.2 Å². The minimum Gasteiger partial charge on any atom is -0.313 e. The first-order valence-corrected chi connectivity index (χ1v) is 5.90. The van der Waals surface area contributed by atoms with Gasteiger partial charge in [-0.2, -0.15) is 0 Å². The van der Waals surface area contributed by atoms with E-state index in [1.54, 1.807) is 0 Å². The molecule has 0 spiro atoms. The van der Waals surface area contributed by atoms with Gasteiger partial charge in [0.1, 0.15) is 6.29 Å². The Morgan fingerprint density at radius 2 is 2.07 bits per heavy atom. The second kappa shape index (κ2) is 4.48. The molecule has 0 heterocycles. The second-order valence-corrected chi connectivity index (χ2v) is 5.17. The average molecular weight is 209 g/mol. The molecule has 0 saturated carbocycles. The molecule has 86 valence electrons. The third-order valence-corrected chi connectivity index (χ3v) is 3.67. The maximum Gasteiger partial charge on any atom is 0.129 e. The van der Waals surface area contributed by atoms with Crippen LogP contribution < -0.4 is 5.32 Å². The SMILES string of the molecule is CCNC1CC(C=O)(CC)C=CC1(C)C. The minimum atomic E-state index is -0.234. The zero-order valence-electron chi connectivity index (χ0n) is 10.3. The van der Waals surface area contributed by atoms with E-state index < -0.39 is 0 Å². The van der Waals surface area contributed by atoms with E-state index in [4.69, 9.17) is 0 Å². The van der Waals surface area contributed by atoms with Gasteiger partial charge in [-0.3, -0.25) is 0 Å². The van der Waals surface area contributed by atoms with Gasteiger partial charge < -0.3 is 10.1 Å². The van der Waals surface area contributed by atoms with Crippen LogP contribution in [-0.2, 0) is 4.79 Å². The van der Waals surface area contributed by atoms with Gasteiger partial charge in [0, 0.05) is 11.5 Å². The fraction of sp³-hybridized carbons (Fsp3) is 0.769. The van der Waals surface area contributed by atoms with Gasteiger partial charge in [0.25, 0.3) is 0 Å². The summed E-state index contributed by atoms with van der Waals surface area (Å²) in [5.74, 6) is 0. The summed E-state index contributed by atoms with van der Waals surface area (Å²) in [4.78, 5) is 11.2. The number of nitrogens with one attached hydrogen (secondary N) is 1. The molecule has 2 unspecified atom stereocenters. The van der Waals surface area contributed by atoms with E-state index in [-0.39, 0.29) is 10.8 Å². The number of allylic oxidation sites excluding steroid dienone is 1. The molecule has 0 fully saturated rings. The molecule has 0 aromatic rings. The Kier molecular flexibility index (Phi) is 3.72. The Morgan fingerprint density at radius 3 is 2.53 bits per heavy atom.